The van der Waals surface area contributed by atoms with E-state index in [9.17, 15) is 4.79 Å². The first kappa shape index (κ1) is 22.8. The van der Waals surface area contributed by atoms with E-state index in [0.29, 0.717) is 11.6 Å². The summed E-state index contributed by atoms with van der Waals surface area (Å²) in [5.41, 5.74) is 2.95. The molecule has 3 aromatic rings. The van der Waals surface area contributed by atoms with Crippen molar-refractivity contribution in [2.24, 2.45) is 5.92 Å². The maximum atomic E-state index is 12.5. The number of carbonyl (C=O) groups excluding carboxylic acids is 1. The molecule has 1 aliphatic rings. The highest BCUT2D eigenvalue weighted by Gasteiger charge is 2.12. The summed E-state index contributed by atoms with van der Waals surface area (Å²) >= 11 is 7.46. The van der Waals surface area contributed by atoms with Gasteiger partial charge in [-0.3, -0.25) is 4.79 Å². The van der Waals surface area contributed by atoms with E-state index in [0.717, 1.165) is 59.5 Å². The molecule has 1 fully saturated rings. The van der Waals surface area contributed by atoms with E-state index in [1.165, 1.54) is 30.6 Å². The van der Waals surface area contributed by atoms with Crippen molar-refractivity contribution in [1.82, 2.24) is 10.3 Å². The van der Waals surface area contributed by atoms with Gasteiger partial charge in [0.1, 0.15) is 10.9 Å². The summed E-state index contributed by atoms with van der Waals surface area (Å²) in [4.78, 5) is 16.5. The van der Waals surface area contributed by atoms with Crippen LogP contribution in [0.2, 0.25) is 5.15 Å². The summed E-state index contributed by atoms with van der Waals surface area (Å²) in [6.45, 7) is 3.04. The fourth-order valence-corrected chi connectivity index (χ4v) is 4.94. The lowest BCUT2D eigenvalue weighted by atomic mass is 9.93. The van der Waals surface area contributed by atoms with Crippen LogP contribution in [0.25, 0.3) is 11.1 Å². The van der Waals surface area contributed by atoms with Crippen LogP contribution >= 0.6 is 22.9 Å². The zero-order valence-corrected chi connectivity index (χ0v) is 19.6. The minimum Gasteiger partial charge on any atom is -0.494 e. The van der Waals surface area contributed by atoms with Crippen molar-refractivity contribution >= 4 is 33.8 Å². The zero-order valence-electron chi connectivity index (χ0n) is 18.0. The molecule has 0 radical (unpaired) electrons. The Labute approximate surface area is 198 Å². The van der Waals surface area contributed by atoms with Crippen LogP contribution in [0, 0.1) is 5.92 Å². The Morgan fingerprint density at radius 2 is 1.97 bits per heavy atom. The van der Waals surface area contributed by atoms with Gasteiger partial charge in [-0.15, -0.1) is 11.3 Å². The average Bonchev–Trinajstić information content (AvgIpc) is 3.27. The van der Waals surface area contributed by atoms with E-state index >= 15 is 0 Å². The molecule has 0 unspecified atom stereocenters. The van der Waals surface area contributed by atoms with Gasteiger partial charge >= 0.3 is 0 Å². The lowest BCUT2D eigenvalue weighted by Gasteiger charge is -2.22. The normalized spacial score (nSPS) is 14.3. The predicted molar refractivity (Wildman–Crippen MR) is 132 cm³/mol. The summed E-state index contributed by atoms with van der Waals surface area (Å²) in [5, 5.41) is 9.65. The van der Waals surface area contributed by atoms with Crippen molar-refractivity contribution in [1.29, 1.82) is 0 Å². The van der Waals surface area contributed by atoms with E-state index in [1.807, 2.05) is 47.8 Å². The van der Waals surface area contributed by atoms with Gasteiger partial charge in [0.15, 0.2) is 0 Å². The van der Waals surface area contributed by atoms with Gasteiger partial charge in [-0.05, 0) is 91.7 Å². The number of hydrogen-bond donors (Lipinski definition) is 2. The highest BCUT2D eigenvalue weighted by atomic mass is 35.5. The average molecular weight is 470 g/mol. The molecular weight excluding hydrogens is 442 g/mol. The van der Waals surface area contributed by atoms with Gasteiger partial charge in [0.05, 0.1) is 18.0 Å². The Morgan fingerprint density at radius 3 is 2.75 bits per heavy atom. The quantitative estimate of drug-likeness (QED) is 0.307. The number of nitrogens with one attached hydrogen (secondary N) is 2. The van der Waals surface area contributed by atoms with Crippen molar-refractivity contribution in [3.63, 3.8) is 0 Å². The number of piperidine rings is 1. The Kier molecular flexibility index (Phi) is 8.15. The van der Waals surface area contributed by atoms with Gasteiger partial charge in [0, 0.05) is 11.6 Å². The standard InChI is InChI=1S/C25H28ClN3O2S/c26-23-15-20(9-12-28-23)21-16-25(32-17-21)29-24(30)14-19-3-5-22(6-4-19)31-13-1-2-18-7-10-27-11-8-18/h3-6,9,12,15-18,27H,1-2,7-8,10-11,13-14H2,(H,29,30). The Bertz CT molecular complexity index is 1020. The van der Waals surface area contributed by atoms with Gasteiger partial charge < -0.3 is 15.4 Å². The Hall–Kier alpha value is -2.41. The number of halogens is 1. The fourth-order valence-electron chi connectivity index (χ4n) is 3.94. The minimum absolute atomic E-state index is 0.0400. The number of aromatic nitrogens is 1. The van der Waals surface area contributed by atoms with Crippen molar-refractivity contribution < 1.29 is 9.53 Å². The van der Waals surface area contributed by atoms with Gasteiger partial charge in [-0.1, -0.05) is 23.7 Å². The van der Waals surface area contributed by atoms with Gasteiger partial charge in [0.2, 0.25) is 5.91 Å². The number of pyridine rings is 1. The molecule has 4 rings (SSSR count). The molecule has 2 N–H and O–H groups in total. The van der Waals surface area contributed by atoms with Crippen LogP contribution in [0.3, 0.4) is 0 Å². The fraction of sp³-hybridized carbons (Fsp3) is 0.360. The molecule has 0 saturated carbocycles. The molecule has 32 heavy (non-hydrogen) atoms. The maximum absolute atomic E-state index is 12.5. The van der Waals surface area contributed by atoms with Crippen LogP contribution in [0.4, 0.5) is 5.00 Å². The van der Waals surface area contributed by atoms with Crippen LogP contribution in [-0.2, 0) is 11.2 Å². The van der Waals surface area contributed by atoms with Gasteiger partial charge in [0.25, 0.3) is 0 Å². The topological polar surface area (TPSA) is 63.2 Å². The van der Waals surface area contributed by atoms with Crippen LogP contribution < -0.4 is 15.4 Å². The number of anilines is 1. The van der Waals surface area contributed by atoms with E-state index in [1.54, 1.807) is 6.20 Å². The molecule has 0 spiro atoms. The molecule has 1 aromatic carbocycles. The first-order valence-electron chi connectivity index (χ1n) is 11.1. The first-order chi connectivity index (χ1) is 15.7. The van der Waals surface area contributed by atoms with Gasteiger partial charge in [-0.25, -0.2) is 4.98 Å². The van der Waals surface area contributed by atoms with E-state index in [-0.39, 0.29) is 5.91 Å². The number of rotatable bonds is 9. The van der Waals surface area contributed by atoms with Crippen LogP contribution in [0.15, 0.2) is 54.0 Å². The predicted octanol–water partition coefficient (Wildman–Crippen LogP) is 5.80. The number of carbonyl (C=O) groups is 1. The number of nitrogens with zero attached hydrogens (tertiary/aromatic N) is 1. The summed E-state index contributed by atoms with van der Waals surface area (Å²) < 4.78 is 5.88. The number of benzene rings is 1. The summed E-state index contributed by atoms with van der Waals surface area (Å²) in [6.07, 6.45) is 6.88. The second kappa shape index (κ2) is 11.5. The second-order valence-electron chi connectivity index (χ2n) is 8.12. The summed E-state index contributed by atoms with van der Waals surface area (Å²) in [7, 11) is 0. The molecule has 3 heterocycles. The molecule has 5 nitrogen and oxygen atoms in total. The van der Waals surface area contributed by atoms with E-state index in [2.05, 4.69) is 15.6 Å². The monoisotopic (exact) mass is 469 g/mol. The van der Waals surface area contributed by atoms with Gasteiger partial charge in [-0.2, -0.15) is 0 Å². The second-order valence-corrected chi connectivity index (χ2v) is 9.42. The van der Waals surface area contributed by atoms with E-state index in [4.69, 9.17) is 16.3 Å². The summed E-state index contributed by atoms with van der Waals surface area (Å²) in [6, 6.07) is 13.5. The Balaban J connectivity index is 1.21. The third-order valence-electron chi connectivity index (χ3n) is 5.69. The Morgan fingerprint density at radius 1 is 1.16 bits per heavy atom. The highest BCUT2D eigenvalue weighted by molar-refractivity contribution is 7.14. The number of ether oxygens (including phenoxy) is 1. The van der Waals surface area contributed by atoms with Crippen molar-refractivity contribution in [2.75, 3.05) is 25.0 Å². The molecular formula is C25H28ClN3O2S. The molecule has 7 heteroatoms. The van der Waals surface area contributed by atoms with Crippen LogP contribution in [0.5, 0.6) is 5.75 Å². The number of thiophene rings is 1. The zero-order chi connectivity index (χ0) is 22.2. The maximum Gasteiger partial charge on any atom is 0.229 e. The molecule has 0 bridgehead atoms. The largest absolute Gasteiger partial charge is 0.494 e. The summed E-state index contributed by atoms with van der Waals surface area (Å²) in [5.74, 6) is 1.66. The molecule has 1 saturated heterocycles. The number of hydrogen-bond acceptors (Lipinski definition) is 5. The molecule has 168 valence electrons. The van der Waals surface area contributed by atoms with Crippen LogP contribution in [0.1, 0.15) is 31.2 Å². The molecule has 2 aromatic heterocycles. The third-order valence-corrected chi connectivity index (χ3v) is 6.75. The minimum atomic E-state index is -0.0400. The smallest absolute Gasteiger partial charge is 0.229 e. The first-order valence-corrected chi connectivity index (χ1v) is 12.3. The van der Waals surface area contributed by atoms with Crippen molar-refractivity contribution in [3.8, 4) is 16.9 Å². The van der Waals surface area contributed by atoms with E-state index < -0.39 is 0 Å². The lowest BCUT2D eigenvalue weighted by Crippen LogP contribution is -2.27. The third kappa shape index (κ3) is 6.79. The molecule has 1 amide bonds. The number of amides is 1. The molecule has 0 aliphatic carbocycles. The molecule has 0 atom stereocenters. The lowest BCUT2D eigenvalue weighted by molar-refractivity contribution is -0.115. The SMILES string of the molecule is O=C(Cc1ccc(OCCCC2CCNCC2)cc1)Nc1cc(-c2ccnc(Cl)c2)cs1. The molecule has 1 aliphatic heterocycles. The van der Waals surface area contributed by atoms with Crippen molar-refractivity contribution in [2.45, 2.75) is 32.1 Å². The van der Waals surface area contributed by atoms with Crippen molar-refractivity contribution in [3.05, 3.63) is 64.8 Å². The van der Waals surface area contributed by atoms with Crippen LogP contribution in [-0.4, -0.2) is 30.6 Å². The highest BCUT2D eigenvalue weighted by Crippen LogP contribution is 2.30.